The summed E-state index contributed by atoms with van der Waals surface area (Å²) in [7, 11) is 0. The highest BCUT2D eigenvalue weighted by Gasteiger charge is 2.13. The Morgan fingerprint density at radius 2 is 2.14 bits per heavy atom. The zero-order valence-electron chi connectivity index (χ0n) is 8.19. The van der Waals surface area contributed by atoms with Gasteiger partial charge in [-0.1, -0.05) is 6.07 Å². The molecular weight excluding hydrogens is 198 g/mol. The van der Waals surface area contributed by atoms with Crippen LogP contribution in [0, 0.1) is 5.92 Å². The molecule has 1 aliphatic heterocycles. The molecule has 0 aliphatic carbocycles. The van der Waals surface area contributed by atoms with E-state index in [0.717, 1.165) is 25.6 Å². The third kappa shape index (κ3) is 3.28. The summed E-state index contributed by atoms with van der Waals surface area (Å²) in [6.07, 6.45) is 7.37. The summed E-state index contributed by atoms with van der Waals surface area (Å²) >= 11 is 0. The second-order valence-electron chi connectivity index (χ2n) is 3.62. The molecule has 2 nitrogen and oxygen atoms in total. The Balaban J connectivity index is 0.000000980. The van der Waals surface area contributed by atoms with Crippen LogP contribution in [0.15, 0.2) is 24.5 Å². The van der Waals surface area contributed by atoms with Gasteiger partial charge in [0.05, 0.1) is 0 Å². The monoisotopic (exact) mass is 213 g/mol. The second-order valence-corrected chi connectivity index (χ2v) is 3.62. The number of hydrogen-bond donors (Lipinski definition) is 0. The predicted molar refractivity (Wildman–Crippen MR) is 58.7 cm³/mol. The van der Waals surface area contributed by atoms with Gasteiger partial charge in [0.25, 0.3) is 0 Å². The van der Waals surface area contributed by atoms with Crippen LogP contribution < -0.4 is 0 Å². The molecule has 1 fully saturated rings. The lowest BCUT2D eigenvalue weighted by molar-refractivity contribution is 0.0665. The number of pyridine rings is 1. The van der Waals surface area contributed by atoms with Crippen molar-refractivity contribution in [2.75, 3.05) is 13.2 Å². The highest BCUT2D eigenvalue weighted by molar-refractivity contribution is 5.85. The van der Waals surface area contributed by atoms with E-state index in [1.807, 2.05) is 18.5 Å². The van der Waals surface area contributed by atoms with Gasteiger partial charge < -0.3 is 4.74 Å². The minimum atomic E-state index is 0. The highest BCUT2D eigenvalue weighted by atomic mass is 35.5. The first-order valence-electron chi connectivity index (χ1n) is 4.92. The van der Waals surface area contributed by atoms with E-state index in [2.05, 4.69) is 11.1 Å². The van der Waals surface area contributed by atoms with Crippen LogP contribution in [0.2, 0.25) is 0 Å². The lowest BCUT2D eigenvalue weighted by Crippen LogP contribution is -2.17. The van der Waals surface area contributed by atoms with Crippen LogP contribution >= 0.6 is 12.4 Å². The molecule has 0 aromatic carbocycles. The molecule has 3 heteroatoms. The number of halogens is 1. The van der Waals surface area contributed by atoms with Gasteiger partial charge in [0, 0.05) is 25.6 Å². The van der Waals surface area contributed by atoms with Gasteiger partial charge >= 0.3 is 0 Å². The van der Waals surface area contributed by atoms with Gasteiger partial charge in [0.15, 0.2) is 0 Å². The van der Waals surface area contributed by atoms with Crippen molar-refractivity contribution < 1.29 is 4.74 Å². The van der Waals surface area contributed by atoms with Crippen LogP contribution in [0.3, 0.4) is 0 Å². The summed E-state index contributed by atoms with van der Waals surface area (Å²) in [5.41, 5.74) is 1.36. The zero-order chi connectivity index (χ0) is 8.93. The first-order chi connectivity index (χ1) is 6.45. The Bertz CT molecular complexity index is 247. The fraction of sp³-hybridized carbons (Fsp3) is 0.545. The molecule has 2 heterocycles. The van der Waals surface area contributed by atoms with Gasteiger partial charge in [-0.25, -0.2) is 0 Å². The summed E-state index contributed by atoms with van der Waals surface area (Å²) in [5.74, 6) is 0.804. The summed E-state index contributed by atoms with van der Waals surface area (Å²) in [6.45, 7) is 1.87. The molecule has 0 saturated carbocycles. The molecule has 14 heavy (non-hydrogen) atoms. The lowest BCUT2D eigenvalue weighted by atomic mass is 9.93. The topological polar surface area (TPSA) is 22.1 Å². The first-order valence-corrected chi connectivity index (χ1v) is 4.92. The molecule has 0 amide bonds. The summed E-state index contributed by atoms with van der Waals surface area (Å²) in [5, 5.41) is 0. The quantitative estimate of drug-likeness (QED) is 0.753. The summed E-state index contributed by atoms with van der Waals surface area (Å²) in [6, 6.07) is 4.16. The van der Waals surface area contributed by atoms with Crippen LogP contribution in [0.4, 0.5) is 0 Å². The average Bonchev–Trinajstić information content (AvgIpc) is 2.21. The van der Waals surface area contributed by atoms with Crippen molar-refractivity contribution in [1.82, 2.24) is 4.98 Å². The third-order valence-electron chi connectivity index (χ3n) is 2.59. The Hall–Kier alpha value is -0.600. The molecule has 1 aromatic heterocycles. The molecule has 0 atom stereocenters. The Morgan fingerprint density at radius 3 is 2.79 bits per heavy atom. The van der Waals surface area contributed by atoms with Crippen molar-refractivity contribution in [1.29, 1.82) is 0 Å². The third-order valence-corrected chi connectivity index (χ3v) is 2.59. The van der Waals surface area contributed by atoms with E-state index < -0.39 is 0 Å². The number of rotatable bonds is 2. The highest BCUT2D eigenvalue weighted by Crippen LogP contribution is 2.19. The summed E-state index contributed by atoms with van der Waals surface area (Å²) < 4.78 is 5.32. The van der Waals surface area contributed by atoms with Crippen LogP contribution in [0.1, 0.15) is 18.4 Å². The molecule has 1 aromatic rings. The Kier molecular flexibility index (Phi) is 4.91. The molecule has 1 aliphatic rings. The van der Waals surface area contributed by atoms with Crippen molar-refractivity contribution in [3.8, 4) is 0 Å². The van der Waals surface area contributed by atoms with Crippen LogP contribution in [0.5, 0.6) is 0 Å². The fourth-order valence-electron chi connectivity index (χ4n) is 1.80. The Morgan fingerprint density at radius 1 is 1.36 bits per heavy atom. The van der Waals surface area contributed by atoms with E-state index in [1.54, 1.807) is 0 Å². The van der Waals surface area contributed by atoms with Crippen molar-refractivity contribution in [3.05, 3.63) is 30.1 Å². The van der Waals surface area contributed by atoms with Crippen molar-refractivity contribution in [2.45, 2.75) is 19.3 Å². The molecule has 0 bridgehead atoms. The van der Waals surface area contributed by atoms with Gasteiger partial charge in [-0.05, 0) is 36.8 Å². The number of nitrogens with zero attached hydrogens (tertiary/aromatic N) is 1. The Labute approximate surface area is 91.1 Å². The van der Waals surface area contributed by atoms with E-state index in [1.165, 1.54) is 18.4 Å². The van der Waals surface area contributed by atoms with Gasteiger partial charge in [-0.15, -0.1) is 12.4 Å². The van der Waals surface area contributed by atoms with Crippen LogP contribution in [-0.4, -0.2) is 18.2 Å². The number of ether oxygens (including phenoxy) is 1. The number of aromatic nitrogens is 1. The molecular formula is C11H16ClNO. The lowest BCUT2D eigenvalue weighted by Gasteiger charge is -2.21. The van der Waals surface area contributed by atoms with Gasteiger partial charge in [-0.3, -0.25) is 4.98 Å². The van der Waals surface area contributed by atoms with Crippen molar-refractivity contribution in [3.63, 3.8) is 0 Å². The standard InChI is InChI=1S/C11H15NO.ClH/c1-2-11(9-12-5-1)8-10-3-6-13-7-4-10;/h1-2,5,9-10H,3-4,6-8H2;1H. The van der Waals surface area contributed by atoms with Crippen molar-refractivity contribution in [2.24, 2.45) is 5.92 Å². The number of hydrogen-bond acceptors (Lipinski definition) is 2. The zero-order valence-corrected chi connectivity index (χ0v) is 9.00. The minimum absolute atomic E-state index is 0. The average molecular weight is 214 g/mol. The molecule has 0 N–H and O–H groups in total. The molecule has 78 valence electrons. The fourth-order valence-corrected chi connectivity index (χ4v) is 1.80. The molecule has 2 rings (SSSR count). The second kappa shape index (κ2) is 5.99. The maximum atomic E-state index is 5.32. The van der Waals surface area contributed by atoms with E-state index in [4.69, 9.17) is 4.74 Å². The molecule has 0 radical (unpaired) electrons. The van der Waals surface area contributed by atoms with Gasteiger partial charge in [0.1, 0.15) is 0 Å². The van der Waals surface area contributed by atoms with E-state index >= 15 is 0 Å². The maximum Gasteiger partial charge on any atom is 0.0468 e. The minimum Gasteiger partial charge on any atom is -0.381 e. The van der Waals surface area contributed by atoms with E-state index in [-0.39, 0.29) is 12.4 Å². The largest absolute Gasteiger partial charge is 0.381 e. The predicted octanol–water partition coefficient (Wildman–Crippen LogP) is 2.47. The molecule has 0 unspecified atom stereocenters. The first kappa shape index (κ1) is 11.5. The van der Waals surface area contributed by atoms with Gasteiger partial charge in [-0.2, -0.15) is 0 Å². The maximum absolute atomic E-state index is 5.32. The SMILES string of the molecule is Cl.c1cncc(CC2CCOCC2)c1. The van der Waals surface area contributed by atoms with E-state index in [0.29, 0.717) is 0 Å². The normalized spacial score (nSPS) is 17.4. The van der Waals surface area contributed by atoms with Crippen LogP contribution in [0.25, 0.3) is 0 Å². The molecule has 1 saturated heterocycles. The van der Waals surface area contributed by atoms with Crippen LogP contribution in [-0.2, 0) is 11.2 Å². The van der Waals surface area contributed by atoms with E-state index in [9.17, 15) is 0 Å². The smallest absolute Gasteiger partial charge is 0.0468 e. The summed E-state index contributed by atoms with van der Waals surface area (Å²) in [4.78, 5) is 4.12. The van der Waals surface area contributed by atoms with Gasteiger partial charge in [0.2, 0.25) is 0 Å². The molecule has 0 spiro atoms. The van der Waals surface area contributed by atoms with Crippen molar-refractivity contribution >= 4 is 12.4 Å².